The number of fused-ring (bicyclic) bond motifs is 1. The van der Waals surface area contributed by atoms with Crippen molar-refractivity contribution in [1.82, 2.24) is 25.2 Å². The Hall–Kier alpha value is -3.10. The van der Waals surface area contributed by atoms with E-state index in [1.54, 1.807) is 0 Å². The predicted octanol–water partition coefficient (Wildman–Crippen LogP) is 4.10. The molecule has 1 amide bonds. The fraction of sp³-hybridized carbons (Fsp3) is 0.227. The maximum atomic E-state index is 12.2. The molecule has 30 heavy (non-hydrogen) atoms. The molecule has 0 aliphatic heterocycles. The predicted molar refractivity (Wildman–Crippen MR) is 116 cm³/mol. The van der Waals surface area contributed by atoms with Crippen LogP contribution in [0.2, 0.25) is 0 Å². The number of nitrogens with one attached hydrogen (secondary N) is 2. The lowest BCUT2D eigenvalue weighted by atomic mass is 10.1. The first-order valence-corrected chi connectivity index (χ1v) is 10.9. The summed E-state index contributed by atoms with van der Waals surface area (Å²) in [6.07, 6.45) is 4.19. The first-order valence-electron chi connectivity index (χ1n) is 9.88. The summed E-state index contributed by atoms with van der Waals surface area (Å²) >= 11 is 1.38. The topological polar surface area (TPSA) is 84.8 Å². The van der Waals surface area contributed by atoms with Gasteiger partial charge in [0.2, 0.25) is 0 Å². The van der Waals surface area contributed by atoms with Crippen molar-refractivity contribution < 1.29 is 9.63 Å². The summed E-state index contributed by atoms with van der Waals surface area (Å²) in [5.41, 5.74) is 5.61. The van der Waals surface area contributed by atoms with Crippen LogP contribution in [0.3, 0.4) is 0 Å². The van der Waals surface area contributed by atoms with E-state index in [9.17, 15) is 4.79 Å². The second-order valence-corrected chi connectivity index (χ2v) is 8.19. The Bertz CT molecular complexity index is 1170. The van der Waals surface area contributed by atoms with Gasteiger partial charge in [0.15, 0.2) is 11.0 Å². The molecule has 0 radical (unpaired) electrons. The summed E-state index contributed by atoms with van der Waals surface area (Å²) in [6.45, 7) is 0.334. The zero-order valence-corrected chi connectivity index (χ0v) is 17.1. The van der Waals surface area contributed by atoms with E-state index >= 15 is 0 Å². The fourth-order valence-corrected chi connectivity index (χ4v) is 4.20. The van der Waals surface area contributed by atoms with E-state index in [1.807, 2.05) is 54.7 Å². The number of hydrogen-bond donors (Lipinski definition) is 2. The maximum Gasteiger partial charge on any atom is 0.254 e. The highest BCUT2D eigenvalue weighted by atomic mass is 32.2. The number of amides is 1. The van der Waals surface area contributed by atoms with Crippen LogP contribution < -0.4 is 5.48 Å². The highest BCUT2D eigenvalue weighted by Crippen LogP contribution is 2.42. The van der Waals surface area contributed by atoms with Crippen molar-refractivity contribution in [3.8, 4) is 11.4 Å². The standard InChI is InChI=1S/C22H21N5O2S/c28-20(26-29-13-15-6-2-1-3-7-15)14-30-22-25-24-21(27(22)16-10-11-16)18-12-23-19-9-5-4-8-17(18)19/h1-9,12,16,23H,10-11,13-14H2,(H,26,28). The Morgan fingerprint density at radius 2 is 1.93 bits per heavy atom. The summed E-state index contributed by atoms with van der Waals surface area (Å²) in [7, 11) is 0. The Balaban J connectivity index is 1.26. The van der Waals surface area contributed by atoms with Gasteiger partial charge in [0.05, 0.1) is 12.4 Å². The summed E-state index contributed by atoms with van der Waals surface area (Å²) in [5, 5.41) is 10.7. The van der Waals surface area contributed by atoms with Crippen LogP contribution in [-0.4, -0.2) is 31.4 Å². The molecule has 1 fully saturated rings. The molecule has 5 rings (SSSR count). The second kappa shape index (κ2) is 8.33. The Kier molecular flexibility index (Phi) is 5.25. The van der Waals surface area contributed by atoms with Crippen LogP contribution in [0.15, 0.2) is 66.0 Å². The van der Waals surface area contributed by atoms with Crippen molar-refractivity contribution in [2.45, 2.75) is 30.6 Å². The van der Waals surface area contributed by atoms with Crippen molar-refractivity contribution in [2.24, 2.45) is 0 Å². The van der Waals surface area contributed by atoms with Gasteiger partial charge in [0.25, 0.3) is 5.91 Å². The average molecular weight is 420 g/mol. The van der Waals surface area contributed by atoms with Crippen LogP contribution >= 0.6 is 11.8 Å². The van der Waals surface area contributed by atoms with E-state index in [1.165, 1.54) is 11.8 Å². The van der Waals surface area contributed by atoms with Crippen LogP contribution in [0, 0.1) is 0 Å². The lowest BCUT2D eigenvalue weighted by Gasteiger charge is -2.09. The molecule has 2 heterocycles. The fourth-order valence-electron chi connectivity index (χ4n) is 3.41. The number of hydrogen-bond acceptors (Lipinski definition) is 5. The van der Waals surface area contributed by atoms with Crippen molar-refractivity contribution in [3.05, 3.63) is 66.4 Å². The minimum Gasteiger partial charge on any atom is -0.360 e. The summed E-state index contributed by atoms with van der Waals surface area (Å²) < 4.78 is 2.17. The zero-order valence-electron chi connectivity index (χ0n) is 16.2. The van der Waals surface area contributed by atoms with Gasteiger partial charge in [-0.25, -0.2) is 5.48 Å². The Morgan fingerprint density at radius 1 is 1.13 bits per heavy atom. The summed E-state index contributed by atoms with van der Waals surface area (Å²) in [4.78, 5) is 20.8. The molecule has 152 valence electrons. The number of hydroxylamine groups is 1. The van der Waals surface area contributed by atoms with Crippen LogP contribution in [0.5, 0.6) is 0 Å². The molecule has 0 unspecified atom stereocenters. The molecule has 0 atom stereocenters. The van der Waals surface area contributed by atoms with Gasteiger partial charge in [-0.2, -0.15) is 0 Å². The van der Waals surface area contributed by atoms with Crippen LogP contribution in [0.1, 0.15) is 24.4 Å². The van der Waals surface area contributed by atoms with E-state index in [0.29, 0.717) is 12.6 Å². The van der Waals surface area contributed by atoms with Crippen molar-refractivity contribution in [3.63, 3.8) is 0 Å². The number of para-hydroxylation sites is 1. The molecule has 0 saturated heterocycles. The van der Waals surface area contributed by atoms with E-state index in [0.717, 1.165) is 45.9 Å². The van der Waals surface area contributed by atoms with Crippen LogP contribution in [0.4, 0.5) is 0 Å². The number of carbonyl (C=O) groups is 1. The number of aromatic nitrogens is 4. The molecule has 1 saturated carbocycles. The monoisotopic (exact) mass is 419 g/mol. The van der Waals surface area contributed by atoms with Gasteiger partial charge in [0.1, 0.15) is 0 Å². The highest BCUT2D eigenvalue weighted by molar-refractivity contribution is 7.99. The SMILES string of the molecule is O=C(CSc1nnc(-c2c[nH]c3ccccc23)n1C1CC1)NOCc1ccccc1. The van der Waals surface area contributed by atoms with Gasteiger partial charge >= 0.3 is 0 Å². The first kappa shape index (κ1) is 18.9. The van der Waals surface area contributed by atoms with E-state index in [4.69, 9.17) is 4.84 Å². The average Bonchev–Trinajstić information content (AvgIpc) is 3.39. The summed E-state index contributed by atoms with van der Waals surface area (Å²) in [6, 6.07) is 18.3. The van der Waals surface area contributed by atoms with Crippen molar-refractivity contribution >= 4 is 28.6 Å². The van der Waals surface area contributed by atoms with Gasteiger partial charge in [-0.15, -0.1) is 10.2 Å². The van der Waals surface area contributed by atoms with Gasteiger partial charge in [-0.1, -0.05) is 60.3 Å². The molecule has 4 aromatic rings. The molecule has 2 aromatic heterocycles. The minimum absolute atomic E-state index is 0.199. The molecule has 0 spiro atoms. The van der Waals surface area contributed by atoms with Gasteiger partial charge in [0, 0.05) is 28.7 Å². The number of benzene rings is 2. The Labute approximate surface area is 177 Å². The first-order chi connectivity index (χ1) is 14.8. The third kappa shape index (κ3) is 3.96. The third-order valence-corrected chi connectivity index (χ3v) is 5.95. The highest BCUT2D eigenvalue weighted by Gasteiger charge is 2.31. The number of aromatic amines is 1. The molecule has 2 aromatic carbocycles. The maximum absolute atomic E-state index is 12.2. The van der Waals surface area contributed by atoms with E-state index < -0.39 is 0 Å². The van der Waals surface area contributed by atoms with E-state index in [-0.39, 0.29) is 11.7 Å². The molecule has 1 aliphatic carbocycles. The van der Waals surface area contributed by atoms with Gasteiger partial charge in [-0.05, 0) is 24.5 Å². The quantitative estimate of drug-likeness (QED) is 0.332. The molecule has 7 nitrogen and oxygen atoms in total. The van der Waals surface area contributed by atoms with Crippen molar-refractivity contribution in [1.29, 1.82) is 0 Å². The molecule has 0 bridgehead atoms. The lowest BCUT2D eigenvalue weighted by molar-refractivity contribution is -0.131. The molecule has 8 heteroatoms. The third-order valence-electron chi connectivity index (χ3n) is 5.01. The Morgan fingerprint density at radius 3 is 2.77 bits per heavy atom. The number of carbonyl (C=O) groups excluding carboxylic acids is 1. The molecular formula is C22H21N5O2S. The number of rotatable bonds is 8. The largest absolute Gasteiger partial charge is 0.360 e. The smallest absolute Gasteiger partial charge is 0.254 e. The zero-order chi connectivity index (χ0) is 20.3. The lowest BCUT2D eigenvalue weighted by Crippen LogP contribution is -2.25. The van der Waals surface area contributed by atoms with Gasteiger partial charge < -0.3 is 4.98 Å². The molecule has 2 N–H and O–H groups in total. The van der Waals surface area contributed by atoms with Crippen LogP contribution in [-0.2, 0) is 16.2 Å². The summed E-state index contributed by atoms with van der Waals surface area (Å²) in [5.74, 6) is 0.862. The van der Waals surface area contributed by atoms with Crippen LogP contribution in [0.25, 0.3) is 22.3 Å². The second-order valence-electron chi connectivity index (χ2n) is 7.24. The minimum atomic E-state index is -0.199. The number of nitrogens with zero attached hydrogens (tertiary/aromatic N) is 3. The number of thioether (sulfide) groups is 1. The normalized spacial score (nSPS) is 13.6. The van der Waals surface area contributed by atoms with Crippen molar-refractivity contribution in [2.75, 3.05) is 5.75 Å². The van der Waals surface area contributed by atoms with E-state index in [2.05, 4.69) is 31.3 Å². The van der Waals surface area contributed by atoms with Gasteiger partial charge in [-0.3, -0.25) is 14.2 Å². The molecule has 1 aliphatic rings. The molecular weight excluding hydrogens is 398 g/mol. The number of H-pyrrole nitrogens is 1.